The van der Waals surface area contributed by atoms with Crippen LogP contribution in [0.25, 0.3) is 11.6 Å². The molecule has 0 saturated carbocycles. The molecule has 0 amide bonds. The molecule has 1 heterocycles. The highest BCUT2D eigenvalue weighted by Gasteiger charge is 2.26. The van der Waals surface area contributed by atoms with Crippen LogP contribution in [0.1, 0.15) is 11.1 Å². The summed E-state index contributed by atoms with van der Waals surface area (Å²) in [5.41, 5.74) is 1.67. The zero-order chi connectivity index (χ0) is 14.1. The fourth-order valence-electron chi connectivity index (χ4n) is 2.07. The van der Waals surface area contributed by atoms with Gasteiger partial charge in [0.25, 0.3) is 5.69 Å². The summed E-state index contributed by atoms with van der Waals surface area (Å²) in [5, 5.41) is 10.7. The molecule has 5 nitrogen and oxygen atoms in total. The minimum Gasteiger partial charge on any atom is -0.422 e. The smallest absolute Gasteiger partial charge is 0.344 e. The fraction of sp³-hybridized carbons (Fsp3) is 0. The molecule has 0 radical (unpaired) electrons. The zero-order valence-electron chi connectivity index (χ0n) is 10.3. The van der Waals surface area contributed by atoms with E-state index >= 15 is 0 Å². The Morgan fingerprint density at radius 3 is 2.70 bits per heavy atom. The largest absolute Gasteiger partial charge is 0.422 e. The van der Waals surface area contributed by atoms with Gasteiger partial charge in [0.2, 0.25) is 0 Å². The molecule has 5 heteroatoms. The van der Waals surface area contributed by atoms with Gasteiger partial charge in [-0.25, -0.2) is 4.79 Å². The Balaban J connectivity index is 2.07. The minimum atomic E-state index is -0.469. The topological polar surface area (TPSA) is 69.4 Å². The van der Waals surface area contributed by atoms with Gasteiger partial charge < -0.3 is 4.74 Å². The van der Waals surface area contributed by atoms with Crippen molar-refractivity contribution in [3.8, 4) is 5.75 Å². The monoisotopic (exact) mass is 267 g/mol. The number of carbonyl (C=O) groups is 1. The van der Waals surface area contributed by atoms with Crippen LogP contribution in [0.3, 0.4) is 0 Å². The molecule has 0 bridgehead atoms. The lowest BCUT2D eigenvalue weighted by molar-refractivity contribution is -0.384. The molecular formula is C15H9NO4. The van der Waals surface area contributed by atoms with Crippen LogP contribution in [0.5, 0.6) is 5.75 Å². The van der Waals surface area contributed by atoms with Crippen molar-refractivity contribution in [2.45, 2.75) is 0 Å². The van der Waals surface area contributed by atoms with Crippen LogP contribution in [0.15, 0.2) is 48.5 Å². The first-order valence-electron chi connectivity index (χ1n) is 5.93. The van der Waals surface area contributed by atoms with Crippen LogP contribution in [-0.2, 0) is 4.79 Å². The van der Waals surface area contributed by atoms with Gasteiger partial charge in [0, 0.05) is 17.7 Å². The second kappa shape index (κ2) is 4.62. The number of non-ortho nitro benzene ring substituents is 1. The Bertz CT molecular complexity index is 749. The summed E-state index contributed by atoms with van der Waals surface area (Å²) in [5.74, 6) is 0.0619. The summed E-state index contributed by atoms with van der Waals surface area (Å²) in [4.78, 5) is 22.1. The van der Waals surface area contributed by atoms with Crippen molar-refractivity contribution in [1.82, 2.24) is 0 Å². The Kier molecular flexibility index (Phi) is 2.80. The summed E-state index contributed by atoms with van der Waals surface area (Å²) in [7, 11) is 0. The van der Waals surface area contributed by atoms with E-state index in [2.05, 4.69) is 0 Å². The molecule has 0 atom stereocenters. The molecule has 0 spiro atoms. The molecule has 0 fully saturated rings. The van der Waals surface area contributed by atoms with E-state index < -0.39 is 10.9 Å². The summed E-state index contributed by atoms with van der Waals surface area (Å²) in [6, 6.07) is 13.2. The van der Waals surface area contributed by atoms with Crippen LogP contribution >= 0.6 is 0 Å². The first-order chi connectivity index (χ1) is 9.65. The molecular weight excluding hydrogens is 258 g/mol. The second-order valence-corrected chi connectivity index (χ2v) is 4.30. The predicted octanol–water partition coefficient (Wildman–Crippen LogP) is 3.05. The Morgan fingerprint density at radius 1 is 1.10 bits per heavy atom. The van der Waals surface area contributed by atoms with Crippen LogP contribution in [0.4, 0.5) is 5.69 Å². The zero-order valence-corrected chi connectivity index (χ0v) is 10.3. The normalized spacial score (nSPS) is 15.0. The SMILES string of the molecule is O=C1Oc2ccccc2C1=Cc1cccc([N+](=O)[O-])c1. The van der Waals surface area contributed by atoms with Crippen molar-refractivity contribution in [3.63, 3.8) is 0 Å². The van der Waals surface area contributed by atoms with Crippen LogP contribution < -0.4 is 4.74 Å². The summed E-state index contributed by atoms with van der Waals surface area (Å²) in [6.45, 7) is 0. The van der Waals surface area contributed by atoms with Crippen LogP contribution in [0, 0.1) is 10.1 Å². The lowest BCUT2D eigenvalue weighted by Gasteiger charge is -1.97. The molecule has 0 N–H and O–H groups in total. The highest BCUT2D eigenvalue weighted by molar-refractivity contribution is 6.25. The lowest BCUT2D eigenvalue weighted by Crippen LogP contribution is -2.00. The van der Waals surface area contributed by atoms with Gasteiger partial charge >= 0.3 is 5.97 Å². The molecule has 1 aliphatic rings. The second-order valence-electron chi connectivity index (χ2n) is 4.30. The third-order valence-corrected chi connectivity index (χ3v) is 2.99. The maximum Gasteiger partial charge on any atom is 0.344 e. The number of esters is 1. The minimum absolute atomic E-state index is 0.0148. The first kappa shape index (κ1) is 12.1. The number of benzene rings is 2. The third-order valence-electron chi connectivity index (χ3n) is 2.99. The van der Waals surface area contributed by atoms with Crippen molar-refractivity contribution < 1.29 is 14.5 Å². The van der Waals surface area contributed by atoms with Gasteiger partial charge in [0.05, 0.1) is 10.5 Å². The highest BCUT2D eigenvalue weighted by atomic mass is 16.6. The maximum atomic E-state index is 11.8. The molecule has 2 aromatic rings. The summed E-state index contributed by atoms with van der Waals surface area (Å²) >= 11 is 0. The predicted molar refractivity (Wildman–Crippen MR) is 73.0 cm³/mol. The maximum absolute atomic E-state index is 11.8. The fourth-order valence-corrected chi connectivity index (χ4v) is 2.07. The summed E-state index contributed by atoms with van der Waals surface area (Å²) in [6.07, 6.45) is 1.60. The average molecular weight is 267 g/mol. The van der Waals surface area contributed by atoms with Crippen LogP contribution in [0.2, 0.25) is 0 Å². The average Bonchev–Trinajstić information content (AvgIpc) is 2.76. The van der Waals surface area contributed by atoms with Crippen molar-refractivity contribution in [1.29, 1.82) is 0 Å². The number of nitrogens with zero attached hydrogens (tertiary/aromatic N) is 1. The number of hydrogen-bond acceptors (Lipinski definition) is 4. The number of ether oxygens (including phenoxy) is 1. The van der Waals surface area contributed by atoms with Gasteiger partial charge in [-0.15, -0.1) is 0 Å². The molecule has 2 aromatic carbocycles. The van der Waals surface area contributed by atoms with Crippen LogP contribution in [-0.4, -0.2) is 10.9 Å². The number of carbonyl (C=O) groups excluding carboxylic acids is 1. The van der Waals surface area contributed by atoms with Crippen molar-refractivity contribution in [2.75, 3.05) is 0 Å². The van der Waals surface area contributed by atoms with Gasteiger partial charge in [0.1, 0.15) is 5.75 Å². The number of hydrogen-bond donors (Lipinski definition) is 0. The molecule has 0 unspecified atom stereocenters. The van der Waals surface area contributed by atoms with E-state index in [0.717, 1.165) is 0 Å². The summed E-state index contributed by atoms with van der Waals surface area (Å²) < 4.78 is 5.13. The van der Waals surface area contributed by atoms with Gasteiger partial charge in [-0.05, 0) is 17.7 Å². The Morgan fingerprint density at radius 2 is 1.90 bits per heavy atom. The molecule has 20 heavy (non-hydrogen) atoms. The van der Waals surface area contributed by atoms with Gasteiger partial charge in [0.15, 0.2) is 0 Å². The standard InChI is InChI=1S/C15H9NO4/c17-15-13(12-6-1-2-7-14(12)20-15)9-10-4-3-5-11(8-10)16(18)19/h1-9H. The van der Waals surface area contributed by atoms with Gasteiger partial charge in [-0.3, -0.25) is 10.1 Å². The lowest BCUT2D eigenvalue weighted by atomic mass is 10.0. The molecule has 98 valence electrons. The quantitative estimate of drug-likeness (QED) is 0.276. The number of para-hydroxylation sites is 1. The molecule has 0 aromatic heterocycles. The van der Waals surface area contributed by atoms with Crippen molar-refractivity contribution in [3.05, 3.63) is 69.8 Å². The van der Waals surface area contributed by atoms with Gasteiger partial charge in [-0.1, -0.05) is 30.3 Å². The van der Waals surface area contributed by atoms with E-state index in [1.165, 1.54) is 12.1 Å². The molecule has 0 saturated heterocycles. The van der Waals surface area contributed by atoms with Crippen molar-refractivity contribution in [2.24, 2.45) is 0 Å². The highest BCUT2D eigenvalue weighted by Crippen LogP contribution is 2.35. The van der Waals surface area contributed by atoms with E-state index in [4.69, 9.17) is 4.74 Å². The number of fused-ring (bicyclic) bond motifs is 1. The molecule has 0 aliphatic carbocycles. The van der Waals surface area contributed by atoms with E-state index in [0.29, 0.717) is 22.4 Å². The first-order valence-corrected chi connectivity index (χ1v) is 5.93. The molecule has 3 rings (SSSR count). The van der Waals surface area contributed by atoms with Gasteiger partial charge in [-0.2, -0.15) is 0 Å². The Labute approximate surface area is 114 Å². The van der Waals surface area contributed by atoms with E-state index in [1.807, 2.05) is 6.07 Å². The number of rotatable bonds is 2. The molecule has 1 aliphatic heterocycles. The third kappa shape index (κ3) is 2.05. The van der Waals surface area contributed by atoms with E-state index in [1.54, 1.807) is 36.4 Å². The number of nitro groups is 1. The Hall–Kier alpha value is -2.95. The van der Waals surface area contributed by atoms with Crippen molar-refractivity contribution >= 4 is 23.3 Å². The number of nitro benzene ring substituents is 1. The van der Waals surface area contributed by atoms with E-state index in [-0.39, 0.29) is 5.69 Å². The van der Waals surface area contributed by atoms with E-state index in [9.17, 15) is 14.9 Å².